The minimum Gasteiger partial charge on any atom is -0.371 e. The third-order valence-corrected chi connectivity index (χ3v) is 3.07. The van der Waals surface area contributed by atoms with E-state index in [0.717, 1.165) is 4.57 Å². The second-order valence-electron chi connectivity index (χ2n) is 4.71. The average Bonchev–Trinajstić information content (AvgIpc) is 2.90. The van der Waals surface area contributed by atoms with E-state index in [0.29, 0.717) is 18.0 Å². The highest BCUT2D eigenvalue weighted by Gasteiger charge is 2.17. The van der Waals surface area contributed by atoms with E-state index in [9.17, 15) is 14.9 Å². The molecule has 0 bridgehead atoms. The average molecular weight is 308 g/mol. The van der Waals surface area contributed by atoms with Crippen LogP contribution in [-0.2, 0) is 11.3 Å². The predicted molar refractivity (Wildman–Crippen MR) is 75.5 cm³/mol. The van der Waals surface area contributed by atoms with Gasteiger partial charge in [-0.1, -0.05) is 5.16 Å². The molecule has 0 amide bonds. The van der Waals surface area contributed by atoms with Crippen molar-refractivity contribution in [3.8, 4) is 0 Å². The summed E-state index contributed by atoms with van der Waals surface area (Å²) >= 11 is 0. The Hall–Kier alpha value is -2.55. The van der Waals surface area contributed by atoms with Crippen molar-refractivity contribution >= 4 is 5.69 Å². The standard InChI is InChI=1S/C13H16N4O5/c1-4-21-9(3)13-14-11(22-15-13)7-16-6-10(17(19)20)8(2)5-12(16)18/h5-6,9H,4,7H2,1-3H3/t9-/m0/s1. The van der Waals surface area contributed by atoms with Gasteiger partial charge in [0.05, 0.1) is 11.1 Å². The second-order valence-corrected chi connectivity index (χ2v) is 4.71. The first-order chi connectivity index (χ1) is 10.4. The van der Waals surface area contributed by atoms with E-state index in [-0.39, 0.29) is 29.8 Å². The summed E-state index contributed by atoms with van der Waals surface area (Å²) in [6.45, 7) is 5.61. The van der Waals surface area contributed by atoms with Gasteiger partial charge in [0, 0.05) is 18.2 Å². The Morgan fingerprint density at radius 3 is 2.91 bits per heavy atom. The molecule has 0 unspecified atom stereocenters. The number of rotatable bonds is 6. The normalized spacial score (nSPS) is 12.3. The Morgan fingerprint density at radius 1 is 1.55 bits per heavy atom. The first-order valence-corrected chi connectivity index (χ1v) is 6.72. The van der Waals surface area contributed by atoms with Crippen LogP contribution in [0.4, 0.5) is 5.69 Å². The van der Waals surface area contributed by atoms with Crippen molar-refractivity contribution in [3.63, 3.8) is 0 Å². The molecule has 0 N–H and O–H groups in total. The Labute approximate surface area is 125 Å². The van der Waals surface area contributed by atoms with Gasteiger partial charge in [0.25, 0.3) is 11.2 Å². The fraction of sp³-hybridized carbons (Fsp3) is 0.462. The van der Waals surface area contributed by atoms with E-state index in [1.807, 2.05) is 6.92 Å². The third-order valence-electron chi connectivity index (χ3n) is 3.07. The van der Waals surface area contributed by atoms with Crippen molar-refractivity contribution in [2.75, 3.05) is 6.61 Å². The van der Waals surface area contributed by atoms with Gasteiger partial charge in [-0.05, 0) is 20.8 Å². The van der Waals surface area contributed by atoms with Gasteiger partial charge in [0.15, 0.2) is 5.82 Å². The number of ether oxygens (including phenoxy) is 1. The zero-order chi connectivity index (χ0) is 16.3. The summed E-state index contributed by atoms with van der Waals surface area (Å²) in [5, 5.41) is 14.7. The first-order valence-electron chi connectivity index (χ1n) is 6.72. The highest BCUT2D eigenvalue weighted by atomic mass is 16.6. The Kier molecular flexibility index (Phi) is 4.66. The monoisotopic (exact) mass is 308 g/mol. The van der Waals surface area contributed by atoms with Crippen LogP contribution in [-0.4, -0.2) is 26.2 Å². The van der Waals surface area contributed by atoms with E-state index < -0.39 is 4.92 Å². The molecule has 0 radical (unpaired) electrons. The quantitative estimate of drug-likeness (QED) is 0.588. The molecule has 9 heteroatoms. The Morgan fingerprint density at radius 2 is 2.27 bits per heavy atom. The summed E-state index contributed by atoms with van der Waals surface area (Å²) in [6.07, 6.45) is 0.847. The van der Waals surface area contributed by atoms with E-state index >= 15 is 0 Å². The smallest absolute Gasteiger partial charge is 0.288 e. The Balaban J connectivity index is 2.26. The number of hydrogen-bond donors (Lipinski definition) is 0. The highest BCUT2D eigenvalue weighted by molar-refractivity contribution is 5.35. The van der Waals surface area contributed by atoms with Gasteiger partial charge < -0.3 is 9.26 Å². The van der Waals surface area contributed by atoms with E-state index in [1.54, 1.807) is 6.92 Å². The molecule has 2 aromatic heterocycles. The molecule has 1 atom stereocenters. The fourth-order valence-corrected chi connectivity index (χ4v) is 1.94. The summed E-state index contributed by atoms with van der Waals surface area (Å²) < 4.78 is 11.6. The number of hydrogen-bond acceptors (Lipinski definition) is 7. The van der Waals surface area contributed by atoms with Crippen molar-refractivity contribution < 1.29 is 14.2 Å². The Bertz CT molecular complexity index is 736. The molecular weight excluding hydrogens is 292 g/mol. The molecule has 0 aromatic carbocycles. The summed E-state index contributed by atoms with van der Waals surface area (Å²) in [7, 11) is 0. The molecule has 0 aliphatic carbocycles. The van der Waals surface area contributed by atoms with Gasteiger partial charge in [-0.3, -0.25) is 19.5 Å². The zero-order valence-electron chi connectivity index (χ0n) is 12.5. The van der Waals surface area contributed by atoms with Gasteiger partial charge in [-0.2, -0.15) is 4.98 Å². The van der Waals surface area contributed by atoms with Crippen LogP contribution in [0.2, 0.25) is 0 Å². The predicted octanol–water partition coefficient (Wildman–Crippen LogP) is 1.59. The first kappa shape index (κ1) is 15.8. The molecule has 2 heterocycles. The molecule has 0 spiro atoms. The third kappa shape index (κ3) is 3.37. The number of nitro groups is 1. The van der Waals surface area contributed by atoms with Crippen LogP contribution in [0, 0.1) is 17.0 Å². The van der Waals surface area contributed by atoms with Crippen molar-refractivity contribution in [2.24, 2.45) is 0 Å². The fourth-order valence-electron chi connectivity index (χ4n) is 1.94. The second kappa shape index (κ2) is 6.48. The van der Waals surface area contributed by atoms with Gasteiger partial charge in [0.1, 0.15) is 12.6 Å². The number of aromatic nitrogens is 3. The molecule has 9 nitrogen and oxygen atoms in total. The van der Waals surface area contributed by atoms with Crippen LogP contribution in [0.15, 0.2) is 21.6 Å². The van der Waals surface area contributed by atoms with Crippen LogP contribution < -0.4 is 5.56 Å². The molecule has 0 aliphatic heterocycles. The minimum absolute atomic E-state index is 0.0359. The van der Waals surface area contributed by atoms with Gasteiger partial charge >= 0.3 is 0 Å². The van der Waals surface area contributed by atoms with Crippen molar-refractivity contribution in [1.29, 1.82) is 0 Å². The van der Waals surface area contributed by atoms with Crippen LogP contribution in [0.3, 0.4) is 0 Å². The topological polar surface area (TPSA) is 113 Å². The molecule has 2 aromatic rings. The van der Waals surface area contributed by atoms with Crippen LogP contribution >= 0.6 is 0 Å². The summed E-state index contributed by atoms with van der Waals surface area (Å²) in [6, 6.07) is 1.21. The number of nitrogens with zero attached hydrogens (tertiary/aromatic N) is 4. The van der Waals surface area contributed by atoms with Gasteiger partial charge in [-0.15, -0.1) is 0 Å². The van der Waals surface area contributed by atoms with Crippen molar-refractivity contribution in [2.45, 2.75) is 33.4 Å². The van der Waals surface area contributed by atoms with E-state index in [4.69, 9.17) is 9.26 Å². The molecule has 0 fully saturated rings. The molecule has 0 aliphatic rings. The maximum atomic E-state index is 11.9. The molecular formula is C13H16N4O5. The summed E-state index contributed by atoms with van der Waals surface area (Å²) in [5.74, 6) is 0.549. The molecule has 0 saturated carbocycles. The van der Waals surface area contributed by atoms with Crippen LogP contribution in [0.25, 0.3) is 0 Å². The number of pyridine rings is 1. The van der Waals surface area contributed by atoms with Gasteiger partial charge in [-0.25, -0.2) is 0 Å². The van der Waals surface area contributed by atoms with E-state index in [2.05, 4.69) is 10.1 Å². The maximum Gasteiger partial charge on any atom is 0.288 e. The van der Waals surface area contributed by atoms with E-state index in [1.165, 1.54) is 19.2 Å². The minimum atomic E-state index is -0.540. The lowest BCUT2D eigenvalue weighted by Gasteiger charge is -2.05. The SMILES string of the molecule is CCO[C@@H](C)c1noc(Cn2cc([N+](=O)[O-])c(C)cc2=O)n1. The lowest BCUT2D eigenvalue weighted by atomic mass is 10.2. The molecule has 2 rings (SSSR count). The number of aryl methyl sites for hydroxylation is 1. The lowest BCUT2D eigenvalue weighted by Crippen LogP contribution is -2.20. The molecule has 0 saturated heterocycles. The highest BCUT2D eigenvalue weighted by Crippen LogP contribution is 2.16. The van der Waals surface area contributed by atoms with Crippen molar-refractivity contribution in [1.82, 2.24) is 14.7 Å². The van der Waals surface area contributed by atoms with Crippen LogP contribution in [0.5, 0.6) is 0 Å². The summed E-state index contributed by atoms with van der Waals surface area (Å²) in [5.41, 5.74) is -0.204. The molecule has 22 heavy (non-hydrogen) atoms. The van der Waals surface area contributed by atoms with Crippen LogP contribution in [0.1, 0.15) is 37.2 Å². The van der Waals surface area contributed by atoms with Crippen molar-refractivity contribution in [3.05, 3.63) is 50.0 Å². The van der Waals surface area contributed by atoms with Gasteiger partial charge in [0.2, 0.25) is 5.89 Å². The summed E-state index contributed by atoms with van der Waals surface area (Å²) in [4.78, 5) is 26.4. The molecule has 118 valence electrons. The largest absolute Gasteiger partial charge is 0.371 e. The zero-order valence-corrected chi connectivity index (χ0v) is 12.5. The lowest BCUT2D eigenvalue weighted by molar-refractivity contribution is -0.385. The maximum absolute atomic E-state index is 11.9.